The molecule has 1 aliphatic carbocycles. The van der Waals surface area contributed by atoms with Gasteiger partial charge in [-0.25, -0.2) is 9.37 Å². The summed E-state index contributed by atoms with van der Waals surface area (Å²) in [6.45, 7) is 16.1. The summed E-state index contributed by atoms with van der Waals surface area (Å²) in [6, 6.07) is 10.7. The number of nitrogens with one attached hydrogen (secondary N) is 3. The Hall–Kier alpha value is -4.71. The van der Waals surface area contributed by atoms with Crippen LogP contribution in [-0.2, 0) is 0 Å². The number of aryl methyl sites for hydroxylation is 1. The maximum Gasteiger partial charge on any atom is 0.181 e. The van der Waals surface area contributed by atoms with Gasteiger partial charge in [0, 0.05) is 39.8 Å². The lowest BCUT2D eigenvalue weighted by Gasteiger charge is -2.28. The zero-order chi connectivity index (χ0) is 28.2. The SMILES string of the molecule is C=C/C=C(/c1cccc(F)c1)c1cc(-c2[nH]nc3ncc(C(/C=C(\C=C)NC(=C)C4CCC4)=C/C)cc23)[nH]c1C. The molecule has 0 saturated heterocycles. The third kappa shape index (κ3) is 5.38. The summed E-state index contributed by atoms with van der Waals surface area (Å²) in [6.07, 6.45) is 15.0. The van der Waals surface area contributed by atoms with Crippen molar-refractivity contribution in [3.63, 3.8) is 0 Å². The van der Waals surface area contributed by atoms with Crippen molar-refractivity contribution in [1.82, 2.24) is 25.5 Å². The fraction of sp³-hybridized carbons (Fsp3) is 0.176. The van der Waals surface area contributed by atoms with Gasteiger partial charge in [0.15, 0.2) is 5.65 Å². The van der Waals surface area contributed by atoms with Gasteiger partial charge in [-0.2, -0.15) is 5.10 Å². The molecule has 0 aliphatic heterocycles. The highest BCUT2D eigenvalue weighted by Gasteiger charge is 2.21. The number of rotatable bonds is 10. The molecule has 0 spiro atoms. The molecule has 202 valence electrons. The van der Waals surface area contributed by atoms with Crippen molar-refractivity contribution in [2.45, 2.75) is 33.1 Å². The van der Waals surface area contributed by atoms with Gasteiger partial charge in [0.2, 0.25) is 0 Å². The molecule has 1 aliphatic rings. The van der Waals surface area contributed by atoms with Crippen LogP contribution in [0.15, 0.2) is 104 Å². The van der Waals surface area contributed by atoms with E-state index >= 15 is 0 Å². The monoisotopic (exact) mass is 531 g/mol. The van der Waals surface area contributed by atoms with Crippen LogP contribution in [-0.4, -0.2) is 20.2 Å². The Kier molecular flexibility index (Phi) is 7.78. The summed E-state index contributed by atoms with van der Waals surface area (Å²) >= 11 is 0. The minimum absolute atomic E-state index is 0.282. The van der Waals surface area contributed by atoms with Crippen LogP contribution in [0.1, 0.15) is 48.6 Å². The van der Waals surface area contributed by atoms with Gasteiger partial charge in [0.25, 0.3) is 0 Å². The maximum absolute atomic E-state index is 14.0. The lowest BCUT2D eigenvalue weighted by atomic mass is 9.83. The Bertz CT molecular complexity index is 1690. The molecule has 0 radical (unpaired) electrons. The van der Waals surface area contributed by atoms with Crippen molar-refractivity contribution >= 4 is 22.2 Å². The highest BCUT2D eigenvalue weighted by molar-refractivity contribution is 5.94. The highest BCUT2D eigenvalue weighted by atomic mass is 19.1. The predicted octanol–water partition coefficient (Wildman–Crippen LogP) is 8.39. The van der Waals surface area contributed by atoms with Gasteiger partial charge < -0.3 is 10.3 Å². The third-order valence-corrected chi connectivity index (χ3v) is 7.48. The summed E-state index contributed by atoms with van der Waals surface area (Å²) in [7, 11) is 0. The van der Waals surface area contributed by atoms with Gasteiger partial charge in [-0.3, -0.25) is 5.10 Å². The molecule has 5 nitrogen and oxygen atoms in total. The van der Waals surface area contributed by atoms with E-state index in [1.54, 1.807) is 12.1 Å². The Labute approximate surface area is 234 Å². The second-order valence-electron chi connectivity index (χ2n) is 10.1. The minimum atomic E-state index is -0.282. The second-order valence-corrected chi connectivity index (χ2v) is 10.1. The van der Waals surface area contributed by atoms with E-state index in [1.165, 1.54) is 31.4 Å². The van der Waals surface area contributed by atoms with Crippen molar-refractivity contribution in [3.8, 4) is 11.4 Å². The first-order chi connectivity index (χ1) is 19.4. The van der Waals surface area contributed by atoms with Crippen molar-refractivity contribution in [2.24, 2.45) is 5.92 Å². The van der Waals surface area contributed by atoms with E-state index in [9.17, 15) is 4.39 Å². The maximum atomic E-state index is 14.0. The molecule has 3 heterocycles. The Morgan fingerprint density at radius 2 is 1.98 bits per heavy atom. The van der Waals surface area contributed by atoms with E-state index < -0.39 is 0 Å². The first-order valence-corrected chi connectivity index (χ1v) is 13.5. The number of aromatic amines is 2. The molecule has 4 aromatic rings. The van der Waals surface area contributed by atoms with E-state index in [0.717, 1.165) is 61.7 Å². The standard InChI is InChI=1S/C34H34FN5/c1-6-11-29(25-14-10-15-27(35)16-25)30-19-32(38-22(30)5)33-31-18-26(20-36-34(31)40-39-33)23(7-2)17-28(8-3)37-21(4)24-12-9-13-24/h6-8,10-11,14-20,24,37-38H,1,3-4,9,12-13H2,2,5H3,(H,36,39,40)/b23-7+,28-17+,29-11-. The smallest absolute Gasteiger partial charge is 0.181 e. The van der Waals surface area contributed by atoms with Crippen LogP contribution >= 0.6 is 0 Å². The summed E-state index contributed by atoms with van der Waals surface area (Å²) in [5, 5.41) is 12.0. The summed E-state index contributed by atoms with van der Waals surface area (Å²) in [5.74, 6) is 0.246. The zero-order valence-corrected chi connectivity index (χ0v) is 23.0. The average Bonchev–Trinajstić information content (AvgIpc) is 3.51. The number of nitrogens with zero attached hydrogens (tertiary/aromatic N) is 2. The van der Waals surface area contributed by atoms with E-state index in [4.69, 9.17) is 0 Å². The number of aromatic nitrogens is 4. The summed E-state index contributed by atoms with van der Waals surface area (Å²) in [4.78, 5) is 8.12. The van der Waals surface area contributed by atoms with E-state index in [-0.39, 0.29) is 5.82 Å². The van der Waals surface area contributed by atoms with Crippen LogP contribution < -0.4 is 5.32 Å². The molecular formula is C34H34FN5. The molecule has 40 heavy (non-hydrogen) atoms. The predicted molar refractivity (Wildman–Crippen MR) is 164 cm³/mol. The Balaban J connectivity index is 1.50. The number of fused-ring (bicyclic) bond motifs is 1. The topological polar surface area (TPSA) is 69.4 Å². The molecule has 1 aromatic carbocycles. The number of allylic oxidation sites excluding steroid dienone is 7. The van der Waals surface area contributed by atoms with Crippen LogP contribution in [0.4, 0.5) is 4.39 Å². The van der Waals surface area contributed by atoms with Crippen molar-refractivity contribution in [2.75, 3.05) is 0 Å². The second kappa shape index (κ2) is 11.6. The van der Waals surface area contributed by atoms with Gasteiger partial charge in [-0.15, -0.1) is 0 Å². The van der Waals surface area contributed by atoms with E-state index in [1.807, 2.05) is 38.3 Å². The molecule has 0 amide bonds. The zero-order valence-electron chi connectivity index (χ0n) is 23.0. The largest absolute Gasteiger partial charge is 0.359 e. The van der Waals surface area contributed by atoms with E-state index in [2.05, 4.69) is 69.5 Å². The van der Waals surface area contributed by atoms with Crippen molar-refractivity contribution in [1.29, 1.82) is 0 Å². The molecule has 6 heteroatoms. The summed E-state index contributed by atoms with van der Waals surface area (Å²) in [5.41, 5.74) is 9.80. The first kappa shape index (κ1) is 26.9. The van der Waals surface area contributed by atoms with Crippen LogP contribution in [0.2, 0.25) is 0 Å². The van der Waals surface area contributed by atoms with Crippen LogP contribution in [0.25, 0.3) is 33.6 Å². The molecule has 0 unspecified atom stereocenters. The third-order valence-electron chi connectivity index (χ3n) is 7.48. The lowest BCUT2D eigenvalue weighted by Crippen LogP contribution is -2.23. The minimum Gasteiger partial charge on any atom is -0.359 e. The number of hydrogen-bond donors (Lipinski definition) is 3. The van der Waals surface area contributed by atoms with Crippen molar-refractivity contribution < 1.29 is 4.39 Å². The Morgan fingerprint density at radius 1 is 1.15 bits per heavy atom. The first-order valence-electron chi connectivity index (χ1n) is 13.5. The molecule has 1 saturated carbocycles. The van der Waals surface area contributed by atoms with Gasteiger partial charge in [-0.05, 0) is 85.7 Å². The number of pyridine rings is 1. The number of hydrogen-bond acceptors (Lipinski definition) is 3. The molecule has 3 aromatic heterocycles. The normalized spacial score (nSPS) is 14.7. The van der Waals surface area contributed by atoms with Gasteiger partial charge in [0.05, 0.1) is 11.4 Å². The van der Waals surface area contributed by atoms with Crippen molar-refractivity contribution in [3.05, 3.63) is 132 Å². The van der Waals surface area contributed by atoms with Gasteiger partial charge in [-0.1, -0.05) is 56.5 Å². The van der Waals surface area contributed by atoms with Crippen LogP contribution in [0, 0.1) is 18.7 Å². The highest BCUT2D eigenvalue weighted by Crippen LogP contribution is 2.34. The number of benzene rings is 1. The van der Waals surface area contributed by atoms with E-state index in [0.29, 0.717) is 11.6 Å². The lowest BCUT2D eigenvalue weighted by molar-refractivity contribution is 0.356. The van der Waals surface area contributed by atoms with Gasteiger partial charge >= 0.3 is 0 Å². The fourth-order valence-electron chi connectivity index (χ4n) is 5.04. The quantitative estimate of drug-likeness (QED) is 0.180. The summed E-state index contributed by atoms with van der Waals surface area (Å²) < 4.78 is 14.0. The van der Waals surface area contributed by atoms with Gasteiger partial charge in [0.1, 0.15) is 5.82 Å². The van der Waals surface area contributed by atoms with Crippen LogP contribution in [0.5, 0.6) is 0 Å². The number of H-pyrrole nitrogens is 2. The number of halogens is 1. The molecular weight excluding hydrogens is 497 g/mol. The Morgan fingerprint density at radius 3 is 2.65 bits per heavy atom. The molecule has 0 bridgehead atoms. The molecule has 1 fully saturated rings. The van der Waals surface area contributed by atoms with Crippen LogP contribution in [0.3, 0.4) is 0 Å². The molecule has 5 rings (SSSR count). The fourth-order valence-corrected chi connectivity index (χ4v) is 5.04. The average molecular weight is 532 g/mol. The molecule has 0 atom stereocenters. The molecule has 3 N–H and O–H groups in total.